The summed E-state index contributed by atoms with van der Waals surface area (Å²) in [5.41, 5.74) is 1.46. The third-order valence-corrected chi connectivity index (χ3v) is 3.58. The standard InChI is InChI=1S/C12H13N5O4S/c1-12(7-3-5-8(6-4-7)17(20)21)9(18)16(11(19)14-12)15-10(22)13-2/h3-6H,1-2H3,(H,14,19)(H2,13,15,22)/t12-/m1/s1. The lowest BCUT2D eigenvalue weighted by atomic mass is 9.92. The minimum atomic E-state index is -1.33. The number of rotatable bonds is 3. The number of nitrogens with zero attached hydrogens (tertiary/aromatic N) is 2. The molecule has 116 valence electrons. The molecule has 0 spiro atoms. The monoisotopic (exact) mass is 323 g/mol. The van der Waals surface area contributed by atoms with Crippen molar-refractivity contribution in [2.45, 2.75) is 12.5 Å². The van der Waals surface area contributed by atoms with Crippen LogP contribution in [0.2, 0.25) is 0 Å². The lowest BCUT2D eigenvalue weighted by Gasteiger charge is -2.22. The molecule has 0 aliphatic carbocycles. The number of urea groups is 1. The van der Waals surface area contributed by atoms with Gasteiger partial charge in [0.05, 0.1) is 4.92 Å². The van der Waals surface area contributed by atoms with Crippen LogP contribution in [-0.4, -0.2) is 34.0 Å². The number of hydrogen-bond acceptors (Lipinski definition) is 5. The minimum Gasteiger partial charge on any atom is -0.364 e. The predicted octanol–water partition coefficient (Wildman–Crippen LogP) is 0.371. The number of thiocarbonyl (C=S) groups is 1. The van der Waals surface area contributed by atoms with Crippen LogP contribution in [0.15, 0.2) is 24.3 Å². The van der Waals surface area contributed by atoms with E-state index >= 15 is 0 Å². The summed E-state index contributed by atoms with van der Waals surface area (Å²) >= 11 is 4.86. The maximum Gasteiger partial charge on any atom is 0.344 e. The molecule has 0 bridgehead atoms. The van der Waals surface area contributed by atoms with Gasteiger partial charge in [0.1, 0.15) is 5.54 Å². The molecule has 2 rings (SSSR count). The van der Waals surface area contributed by atoms with Crippen LogP contribution >= 0.6 is 12.2 Å². The third-order valence-electron chi connectivity index (χ3n) is 3.29. The Morgan fingerprint density at radius 1 is 1.36 bits per heavy atom. The van der Waals surface area contributed by atoms with Crippen molar-refractivity contribution >= 4 is 35.0 Å². The first-order chi connectivity index (χ1) is 10.3. The SMILES string of the molecule is CNC(=S)NN1C(=O)N[C@](C)(c2ccc([N+](=O)[O-])cc2)C1=O. The maximum atomic E-state index is 12.5. The van der Waals surface area contributed by atoms with Gasteiger partial charge in [0.15, 0.2) is 5.11 Å². The first-order valence-corrected chi connectivity index (χ1v) is 6.60. The number of nitro benzene ring substituents is 1. The fraction of sp³-hybridized carbons (Fsp3) is 0.250. The van der Waals surface area contributed by atoms with Crippen molar-refractivity contribution in [3.05, 3.63) is 39.9 Å². The quantitative estimate of drug-likeness (QED) is 0.318. The van der Waals surface area contributed by atoms with E-state index in [1.807, 2.05) is 0 Å². The maximum absolute atomic E-state index is 12.5. The van der Waals surface area contributed by atoms with E-state index < -0.39 is 22.4 Å². The Kier molecular flexibility index (Phi) is 3.95. The molecule has 9 nitrogen and oxygen atoms in total. The molecule has 1 aromatic rings. The highest BCUT2D eigenvalue weighted by molar-refractivity contribution is 7.80. The van der Waals surface area contributed by atoms with Gasteiger partial charge in [0.25, 0.3) is 11.6 Å². The molecule has 1 aromatic carbocycles. The van der Waals surface area contributed by atoms with E-state index in [-0.39, 0.29) is 10.8 Å². The van der Waals surface area contributed by atoms with Crippen LogP contribution < -0.4 is 16.1 Å². The van der Waals surface area contributed by atoms with E-state index in [0.717, 1.165) is 5.01 Å². The molecule has 1 aliphatic heterocycles. The summed E-state index contributed by atoms with van der Waals surface area (Å²) in [7, 11) is 1.54. The Morgan fingerprint density at radius 3 is 2.45 bits per heavy atom. The van der Waals surface area contributed by atoms with Crippen LogP contribution in [0.1, 0.15) is 12.5 Å². The summed E-state index contributed by atoms with van der Waals surface area (Å²) in [6.45, 7) is 1.51. The van der Waals surface area contributed by atoms with Crippen LogP contribution in [0.5, 0.6) is 0 Å². The van der Waals surface area contributed by atoms with Crippen molar-refractivity contribution in [3.8, 4) is 0 Å². The fourth-order valence-corrected chi connectivity index (χ4v) is 2.10. The summed E-state index contributed by atoms with van der Waals surface area (Å²) < 4.78 is 0. The highest BCUT2D eigenvalue weighted by Crippen LogP contribution is 2.29. The van der Waals surface area contributed by atoms with Gasteiger partial charge in [-0.25, -0.2) is 4.79 Å². The zero-order valence-corrected chi connectivity index (χ0v) is 12.6. The molecule has 1 atom stereocenters. The van der Waals surface area contributed by atoms with Gasteiger partial charge < -0.3 is 10.6 Å². The highest BCUT2D eigenvalue weighted by Gasteiger charge is 2.49. The second-order valence-electron chi connectivity index (χ2n) is 4.69. The van der Waals surface area contributed by atoms with Crippen molar-refractivity contribution < 1.29 is 14.5 Å². The number of nitro groups is 1. The van der Waals surface area contributed by atoms with Crippen molar-refractivity contribution in [2.75, 3.05) is 7.05 Å². The number of nitrogens with one attached hydrogen (secondary N) is 3. The zero-order valence-electron chi connectivity index (χ0n) is 11.7. The topological polar surface area (TPSA) is 117 Å². The molecule has 0 radical (unpaired) electrons. The van der Waals surface area contributed by atoms with E-state index in [0.29, 0.717) is 5.56 Å². The Balaban J connectivity index is 2.30. The number of carbonyl (C=O) groups excluding carboxylic acids is 2. The summed E-state index contributed by atoms with van der Waals surface area (Å²) in [5, 5.41) is 16.7. The Bertz CT molecular complexity index is 662. The van der Waals surface area contributed by atoms with Crippen LogP contribution in [0.4, 0.5) is 10.5 Å². The lowest BCUT2D eigenvalue weighted by Crippen LogP contribution is -2.50. The summed E-state index contributed by atoms with van der Waals surface area (Å²) in [6.07, 6.45) is 0. The van der Waals surface area contributed by atoms with Crippen LogP contribution in [0, 0.1) is 10.1 Å². The van der Waals surface area contributed by atoms with Gasteiger partial charge in [-0.2, -0.15) is 5.01 Å². The van der Waals surface area contributed by atoms with Crippen LogP contribution in [0.25, 0.3) is 0 Å². The average molecular weight is 323 g/mol. The highest BCUT2D eigenvalue weighted by atomic mass is 32.1. The molecule has 1 aliphatic rings. The largest absolute Gasteiger partial charge is 0.364 e. The number of hydrogen-bond donors (Lipinski definition) is 3. The Hall–Kier alpha value is -2.75. The number of amides is 3. The molecular weight excluding hydrogens is 310 g/mol. The zero-order chi connectivity index (χ0) is 16.5. The van der Waals surface area contributed by atoms with Gasteiger partial charge in [-0.1, -0.05) is 0 Å². The Labute approximate surface area is 130 Å². The van der Waals surface area contributed by atoms with E-state index in [1.54, 1.807) is 7.05 Å². The Morgan fingerprint density at radius 2 is 1.95 bits per heavy atom. The van der Waals surface area contributed by atoms with Crippen molar-refractivity contribution in [2.24, 2.45) is 0 Å². The van der Waals surface area contributed by atoms with Crippen LogP contribution in [-0.2, 0) is 10.3 Å². The smallest absolute Gasteiger partial charge is 0.344 e. The van der Waals surface area contributed by atoms with E-state index in [4.69, 9.17) is 12.2 Å². The van der Waals surface area contributed by atoms with Crippen LogP contribution in [0.3, 0.4) is 0 Å². The molecule has 3 amide bonds. The summed E-state index contributed by atoms with van der Waals surface area (Å²) in [5.74, 6) is -0.566. The first kappa shape index (κ1) is 15.6. The number of imide groups is 1. The summed E-state index contributed by atoms with van der Waals surface area (Å²) in [4.78, 5) is 34.5. The fourth-order valence-electron chi connectivity index (χ4n) is 2.01. The van der Waals surface area contributed by atoms with Crippen molar-refractivity contribution in [1.29, 1.82) is 0 Å². The number of non-ortho nitro benzene ring substituents is 1. The molecule has 22 heavy (non-hydrogen) atoms. The summed E-state index contributed by atoms with van der Waals surface area (Å²) in [6, 6.07) is 4.73. The molecule has 0 unspecified atom stereocenters. The molecular formula is C12H13N5O4S. The first-order valence-electron chi connectivity index (χ1n) is 6.19. The second-order valence-corrected chi connectivity index (χ2v) is 5.10. The van der Waals surface area contributed by atoms with E-state index in [9.17, 15) is 19.7 Å². The van der Waals surface area contributed by atoms with Gasteiger partial charge in [0.2, 0.25) is 0 Å². The third kappa shape index (κ3) is 2.55. The molecule has 1 heterocycles. The average Bonchev–Trinajstić information content (AvgIpc) is 2.71. The molecule has 0 saturated carbocycles. The van der Waals surface area contributed by atoms with Gasteiger partial charge in [-0.05, 0) is 36.8 Å². The normalized spacial score (nSPS) is 20.5. The van der Waals surface area contributed by atoms with E-state index in [2.05, 4.69) is 16.1 Å². The van der Waals surface area contributed by atoms with E-state index in [1.165, 1.54) is 31.2 Å². The molecule has 1 saturated heterocycles. The van der Waals surface area contributed by atoms with Crippen molar-refractivity contribution in [3.63, 3.8) is 0 Å². The molecule has 10 heteroatoms. The molecule has 3 N–H and O–H groups in total. The van der Waals surface area contributed by atoms with Crippen molar-refractivity contribution in [1.82, 2.24) is 21.1 Å². The second kappa shape index (κ2) is 5.56. The predicted molar refractivity (Wildman–Crippen MR) is 80.6 cm³/mol. The van der Waals surface area contributed by atoms with Gasteiger partial charge in [-0.3, -0.25) is 20.3 Å². The number of hydrazine groups is 1. The minimum absolute atomic E-state index is 0.101. The molecule has 1 fully saturated rings. The van der Waals surface area contributed by atoms with Gasteiger partial charge in [0, 0.05) is 19.2 Å². The van der Waals surface area contributed by atoms with Gasteiger partial charge >= 0.3 is 6.03 Å². The number of benzene rings is 1. The van der Waals surface area contributed by atoms with Gasteiger partial charge in [-0.15, -0.1) is 0 Å². The molecule has 0 aromatic heterocycles. The lowest BCUT2D eigenvalue weighted by molar-refractivity contribution is -0.384. The number of carbonyl (C=O) groups is 2.